The molecule has 1 atom stereocenters. The summed E-state index contributed by atoms with van der Waals surface area (Å²) in [6.45, 7) is 0. The number of thioether (sulfide) groups is 1. The summed E-state index contributed by atoms with van der Waals surface area (Å²) in [6, 6.07) is 10.6. The van der Waals surface area contributed by atoms with Crippen LogP contribution in [0, 0.1) is 0 Å². The van der Waals surface area contributed by atoms with E-state index in [2.05, 4.69) is 54.3 Å². The van der Waals surface area contributed by atoms with Gasteiger partial charge in [-0.15, -0.1) is 0 Å². The number of fused-ring (bicyclic) bond motifs is 1. The Morgan fingerprint density at radius 2 is 1.90 bits per heavy atom. The van der Waals surface area contributed by atoms with E-state index in [-0.39, 0.29) is 0 Å². The Kier molecular flexibility index (Phi) is 4.13. The lowest BCUT2D eigenvalue weighted by atomic mass is 10.0. The van der Waals surface area contributed by atoms with E-state index in [0.29, 0.717) is 5.37 Å². The van der Waals surface area contributed by atoms with Crippen molar-refractivity contribution in [2.45, 2.75) is 36.2 Å². The van der Waals surface area contributed by atoms with Crippen LogP contribution in [-0.2, 0) is 12.8 Å². The molecule has 0 fully saturated rings. The Balaban J connectivity index is 1.82. The normalized spacial score (nSPS) is 16.1. The molecule has 0 radical (unpaired) electrons. The van der Waals surface area contributed by atoms with Gasteiger partial charge in [0.2, 0.25) is 0 Å². The highest BCUT2D eigenvalue weighted by molar-refractivity contribution is 7.99. The van der Waals surface area contributed by atoms with Crippen molar-refractivity contribution in [3.05, 3.63) is 47.3 Å². The van der Waals surface area contributed by atoms with Crippen LogP contribution < -0.4 is 0 Å². The lowest BCUT2D eigenvalue weighted by Crippen LogP contribution is -2.17. The van der Waals surface area contributed by atoms with Gasteiger partial charge in [-0.1, -0.05) is 42.1 Å². The minimum absolute atomic E-state index is 0.295. The van der Waals surface area contributed by atoms with Gasteiger partial charge in [-0.25, -0.2) is 4.98 Å². The Hall–Kier alpha value is -1.26. The van der Waals surface area contributed by atoms with Crippen molar-refractivity contribution in [2.24, 2.45) is 0 Å². The molecule has 1 aliphatic carbocycles. The molecule has 3 nitrogen and oxygen atoms in total. The zero-order valence-corrected chi connectivity index (χ0v) is 12.9. The van der Waals surface area contributed by atoms with Crippen LogP contribution in [0.4, 0.5) is 0 Å². The van der Waals surface area contributed by atoms with Crippen molar-refractivity contribution in [3.63, 3.8) is 0 Å². The molecule has 0 amide bonds. The van der Waals surface area contributed by atoms with Crippen molar-refractivity contribution in [3.8, 4) is 0 Å². The highest BCUT2D eigenvalue weighted by Gasteiger charge is 2.20. The van der Waals surface area contributed by atoms with Crippen LogP contribution in [0.5, 0.6) is 0 Å². The van der Waals surface area contributed by atoms with Gasteiger partial charge in [0, 0.05) is 5.69 Å². The molecule has 1 aliphatic rings. The van der Waals surface area contributed by atoms with E-state index in [9.17, 15) is 0 Å². The number of imidazole rings is 1. The van der Waals surface area contributed by atoms with E-state index in [0.717, 1.165) is 18.0 Å². The molecule has 106 valence electrons. The monoisotopic (exact) mass is 287 g/mol. The van der Waals surface area contributed by atoms with Gasteiger partial charge in [0.05, 0.1) is 11.1 Å². The Labute approximate surface area is 124 Å². The van der Waals surface area contributed by atoms with E-state index in [4.69, 9.17) is 4.98 Å². The summed E-state index contributed by atoms with van der Waals surface area (Å²) in [6.07, 6.45) is 4.85. The fraction of sp³-hybridized carbons (Fsp3) is 0.438. The fourth-order valence-electron chi connectivity index (χ4n) is 2.68. The molecule has 1 N–H and O–H groups in total. The highest BCUT2D eigenvalue weighted by atomic mass is 32.2. The molecule has 0 spiro atoms. The molecular formula is C16H21N3S. The lowest BCUT2D eigenvalue weighted by Gasteiger charge is -2.23. The maximum absolute atomic E-state index is 4.78. The number of benzene rings is 1. The second-order valence-corrected chi connectivity index (χ2v) is 6.59. The van der Waals surface area contributed by atoms with Crippen molar-refractivity contribution in [2.75, 3.05) is 14.1 Å². The van der Waals surface area contributed by atoms with Crippen LogP contribution in [0.3, 0.4) is 0 Å². The molecule has 3 rings (SSSR count). The third kappa shape index (κ3) is 2.91. The van der Waals surface area contributed by atoms with Gasteiger partial charge < -0.3 is 4.98 Å². The summed E-state index contributed by atoms with van der Waals surface area (Å²) in [7, 11) is 4.24. The first-order valence-corrected chi connectivity index (χ1v) is 8.08. The molecule has 4 heteroatoms. The molecule has 0 bridgehead atoms. The van der Waals surface area contributed by atoms with Crippen molar-refractivity contribution in [1.82, 2.24) is 14.9 Å². The minimum atomic E-state index is 0.295. The number of hydrogen-bond donors (Lipinski definition) is 1. The van der Waals surface area contributed by atoms with E-state index < -0.39 is 0 Å². The Bertz CT molecular complexity index is 539. The van der Waals surface area contributed by atoms with Gasteiger partial charge >= 0.3 is 0 Å². The Morgan fingerprint density at radius 1 is 1.15 bits per heavy atom. The predicted molar refractivity (Wildman–Crippen MR) is 84.0 cm³/mol. The number of H-pyrrole nitrogens is 1. The van der Waals surface area contributed by atoms with Crippen molar-refractivity contribution < 1.29 is 0 Å². The van der Waals surface area contributed by atoms with Gasteiger partial charge in [0.25, 0.3) is 0 Å². The van der Waals surface area contributed by atoms with Crippen LogP contribution >= 0.6 is 11.8 Å². The van der Waals surface area contributed by atoms with Gasteiger partial charge in [0.1, 0.15) is 0 Å². The van der Waals surface area contributed by atoms with Gasteiger partial charge in [0.15, 0.2) is 5.16 Å². The van der Waals surface area contributed by atoms with E-state index in [1.54, 1.807) is 11.8 Å². The van der Waals surface area contributed by atoms with Crippen LogP contribution in [-0.4, -0.2) is 29.0 Å². The molecule has 1 unspecified atom stereocenters. The number of aromatic nitrogens is 2. The van der Waals surface area contributed by atoms with Gasteiger partial charge in [-0.3, -0.25) is 4.90 Å². The largest absolute Gasteiger partial charge is 0.337 e. The summed E-state index contributed by atoms with van der Waals surface area (Å²) in [4.78, 5) is 10.5. The third-order valence-corrected chi connectivity index (χ3v) is 5.04. The maximum Gasteiger partial charge on any atom is 0.167 e. The van der Waals surface area contributed by atoms with Gasteiger partial charge in [-0.05, 0) is 45.3 Å². The van der Waals surface area contributed by atoms with Crippen molar-refractivity contribution >= 4 is 11.8 Å². The zero-order chi connectivity index (χ0) is 13.9. The highest BCUT2D eigenvalue weighted by Crippen LogP contribution is 2.36. The average molecular weight is 287 g/mol. The maximum atomic E-state index is 4.78. The smallest absolute Gasteiger partial charge is 0.167 e. The Morgan fingerprint density at radius 3 is 2.60 bits per heavy atom. The predicted octanol–water partition coefficient (Wildman–Crippen LogP) is 3.64. The molecule has 20 heavy (non-hydrogen) atoms. The van der Waals surface area contributed by atoms with E-state index >= 15 is 0 Å². The topological polar surface area (TPSA) is 31.9 Å². The second-order valence-electron chi connectivity index (χ2n) is 5.52. The first-order chi connectivity index (χ1) is 9.74. The molecule has 0 saturated heterocycles. The number of aryl methyl sites for hydroxylation is 2. The van der Waals surface area contributed by atoms with E-state index in [1.807, 2.05) is 0 Å². The lowest BCUT2D eigenvalue weighted by molar-refractivity contribution is 0.391. The molecule has 0 aliphatic heterocycles. The minimum Gasteiger partial charge on any atom is -0.337 e. The van der Waals surface area contributed by atoms with Gasteiger partial charge in [-0.2, -0.15) is 0 Å². The summed E-state index contributed by atoms with van der Waals surface area (Å²) in [5, 5.41) is 1.35. The van der Waals surface area contributed by atoms with E-state index in [1.165, 1.54) is 29.8 Å². The summed E-state index contributed by atoms with van der Waals surface area (Å²) < 4.78 is 0. The number of rotatable bonds is 4. The van der Waals surface area contributed by atoms with Crippen molar-refractivity contribution in [1.29, 1.82) is 0 Å². The quantitative estimate of drug-likeness (QED) is 0.688. The molecular weight excluding hydrogens is 266 g/mol. The molecule has 0 saturated carbocycles. The number of nitrogens with zero attached hydrogens (tertiary/aromatic N) is 2. The summed E-state index contributed by atoms with van der Waals surface area (Å²) in [5.74, 6) is 0. The summed E-state index contributed by atoms with van der Waals surface area (Å²) >= 11 is 1.80. The zero-order valence-electron chi connectivity index (χ0n) is 12.1. The number of nitrogens with one attached hydrogen (secondary N) is 1. The molecule has 1 aromatic carbocycles. The first-order valence-electron chi connectivity index (χ1n) is 7.20. The third-order valence-electron chi connectivity index (χ3n) is 3.71. The second kappa shape index (κ2) is 6.02. The van der Waals surface area contributed by atoms with Crippen LogP contribution in [0.15, 0.2) is 35.5 Å². The first kappa shape index (κ1) is 13.7. The number of aromatic amines is 1. The van der Waals surface area contributed by atoms with Crippen LogP contribution in [0.1, 0.15) is 35.2 Å². The average Bonchev–Trinajstić information content (AvgIpc) is 2.88. The van der Waals surface area contributed by atoms with Crippen LogP contribution in [0.25, 0.3) is 0 Å². The van der Waals surface area contributed by atoms with Crippen LogP contribution in [0.2, 0.25) is 0 Å². The fourth-order valence-corrected chi connectivity index (χ4v) is 3.74. The standard InChI is InChI=1S/C16H21N3S/c1-19(2)15(12-8-4-3-5-9-12)20-16-17-13-10-6-7-11-14(13)18-16/h3-5,8-9,15H,6-7,10-11H2,1-2H3,(H,17,18). The number of hydrogen-bond acceptors (Lipinski definition) is 3. The molecule has 1 heterocycles. The molecule has 1 aromatic heterocycles. The summed E-state index contributed by atoms with van der Waals surface area (Å²) in [5.41, 5.74) is 3.95. The molecule has 2 aromatic rings. The SMILES string of the molecule is CN(C)C(Sc1nc2c([nH]1)CCCC2)c1ccccc1.